The maximum atomic E-state index is 12.9. The van der Waals surface area contributed by atoms with Crippen molar-refractivity contribution in [2.45, 2.75) is 19.8 Å². The Kier molecular flexibility index (Phi) is 6.31. The molecule has 0 atom stereocenters. The second-order valence-corrected chi connectivity index (χ2v) is 9.07. The minimum absolute atomic E-state index is 0.00415. The Labute approximate surface area is 176 Å². The highest BCUT2D eigenvalue weighted by molar-refractivity contribution is 7.92. The molecule has 1 saturated carbocycles. The highest BCUT2D eigenvalue weighted by Gasteiger charge is 2.33. The van der Waals surface area contributed by atoms with Crippen LogP contribution in [0.3, 0.4) is 0 Å². The molecule has 1 aliphatic rings. The second kappa shape index (κ2) is 8.74. The van der Waals surface area contributed by atoms with E-state index in [4.69, 9.17) is 4.74 Å². The van der Waals surface area contributed by atoms with Crippen molar-refractivity contribution in [1.82, 2.24) is 0 Å². The minimum atomic E-state index is -3.46. The molecule has 0 unspecified atom stereocenters. The molecule has 0 heterocycles. The first-order chi connectivity index (χ1) is 14.3. The molecule has 0 radical (unpaired) electrons. The van der Waals surface area contributed by atoms with Gasteiger partial charge in [-0.2, -0.15) is 0 Å². The van der Waals surface area contributed by atoms with Crippen LogP contribution in [0.15, 0.2) is 42.5 Å². The van der Waals surface area contributed by atoms with E-state index >= 15 is 0 Å². The van der Waals surface area contributed by atoms with Crippen LogP contribution in [-0.2, 0) is 14.8 Å². The van der Waals surface area contributed by atoms with Gasteiger partial charge in [-0.15, -0.1) is 0 Å². The van der Waals surface area contributed by atoms with E-state index in [9.17, 15) is 18.0 Å². The largest absolute Gasteiger partial charge is 0.494 e. The van der Waals surface area contributed by atoms with Gasteiger partial charge in [-0.3, -0.25) is 14.3 Å². The van der Waals surface area contributed by atoms with Crippen molar-refractivity contribution >= 4 is 38.9 Å². The van der Waals surface area contributed by atoms with E-state index in [1.165, 1.54) is 31.1 Å². The maximum Gasteiger partial charge on any atom is 0.257 e. The van der Waals surface area contributed by atoms with Crippen molar-refractivity contribution in [3.05, 3.63) is 48.0 Å². The maximum absolute atomic E-state index is 12.9. The van der Waals surface area contributed by atoms with Gasteiger partial charge in [-0.1, -0.05) is 12.1 Å². The number of carbonyl (C=O) groups is 2. The fourth-order valence-electron chi connectivity index (χ4n) is 2.97. The van der Waals surface area contributed by atoms with E-state index in [0.29, 0.717) is 16.9 Å². The van der Waals surface area contributed by atoms with Crippen molar-refractivity contribution in [2.24, 2.45) is 5.92 Å². The van der Waals surface area contributed by atoms with Crippen molar-refractivity contribution < 1.29 is 22.7 Å². The quantitative estimate of drug-likeness (QED) is 0.668. The number of hydrogen-bond donors (Lipinski definition) is 2. The number of nitrogens with one attached hydrogen (secondary N) is 2. The Morgan fingerprint density at radius 3 is 2.50 bits per heavy atom. The van der Waals surface area contributed by atoms with E-state index in [2.05, 4.69) is 10.0 Å². The summed E-state index contributed by atoms with van der Waals surface area (Å²) in [5.41, 5.74) is 1.62. The van der Waals surface area contributed by atoms with Gasteiger partial charge in [0.05, 0.1) is 29.8 Å². The number of ether oxygens (including phenoxy) is 1. The van der Waals surface area contributed by atoms with Crippen molar-refractivity contribution in [3.63, 3.8) is 0 Å². The molecular formula is C21H25N3O5S. The molecule has 3 rings (SSSR count). The lowest BCUT2D eigenvalue weighted by Gasteiger charge is -2.20. The number of amides is 2. The number of benzene rings is 2. The Hall–Kier alpha value is -3.07. The van der Waals surface area contributed by atoms with Gasteiger partial charge in [-0.05, 0) is 44.0 Å². The summed E-state index contributed by atoms with van der Waals surface area (Å²) in [6, 6.07) is 11.5. The first-order valence-corrected chi connectivity index (χ1v) is 11.3. The van der Waals surface area contributed by atoms with Crippen LogP contribution in [0.2, 0.25) is 0 Å². The summed E-state index contributed by atoms with van der Waals surface area (Å²) in [7, 11) is -0.378. The molecule has 160 valence electrons. The third kappa shape index (κ3) is 4.91. The molecule has 1 aliphatic carbocycles. The average molecular weight is 432 g/mol. The highest BCUT2D eigenvalue weighted by Crippen LogP contribution is 2.33. The monoisotopic (exact) mass is 431 g/mol. The SMILES string of the molecule is CCS(=O)(=O)Nc1ccc(NC(=O)c2ccccc2N(C)C(=O)C2CC2)cc1OC. The van der Waals surface area contributed by atoms with Gasteiger partial charge in [0.15, 0.2) is 0 Å². The number of rotatable bonds is 8. The van der Waals surface area contributed by atoms with Crippen LogP contribution >= 0.6 is 0 Å². The number of carbonyl (C=O) groups excluding carboxylic acids is 2. The van der Waals surface area contributed by atoms with Crippen LogP contribution in [0, 0.1) is 5.92 Å². The summed E-state index contributed by atoms with van der Waals surface area (Å²) in [5, 5.41) is 2.78. The highest BCUT2D eigenvalue weighted by atomic mass is 32.2. The van der Waals surface area contributed by atoms with Crippen LogP contribution in [0.25, 0.3) is 0 Å². The number of sulfonamides is 1. The molecule has 2 N–H and O–H groups in total. The van der Waals surface area contributed by atoms with Gasteiger partial charge in [0, 0.05) is 24.7 Å². The van der Waals surface area contributed by atoms with Crippen LogP contribution in [0.1, 0.15) is 30.1 Å². The van der Waals surface area contributed by atoms with E-state index in [-0.39, 0.29) is 34.9 Å². The molecule has 1 fully saturated rings. The number of methoxy groups -OCH3 is 1. The van der Waals surface area contributed by atoms with Gasteiger partial charge in [0.2, 0.25) is 15.9 Å². The minimum Gasteiger partial charge on any atom is -0.494 e. The molecule has 2 aromatic rings. The van der Waals surface area contributed by atoms with E-state index < -0.39 is 10.0 Å². The molecule has 0 aromatic heterocycles. The van der Waals surface area contributed by atoms with Crippen LogP contribution < -0.4 is 19.7 Å². The molecule has 0 bridgehead atoms. The number of hydrogen-bond acceptors (Lipinski definition) is 5. The first-order valence-electron chi connectivity index (χ1n) is 9.62. The number of para-hydroxylation sites is 1. The third-order valence-electron chi connectivity index (χ3n) is 4.87. The van der Waals surface area contributed by atoms with Gasteiger partial charge in [0.1, 0.15) is 5.75 Å². The van der Waals surface area contributed by atoms with E-state index in [1.807, 2.05) is 0 Å². The number of nitrogens with zero attached hydrogens (tertiary/aromatic N) is 1. The van der Waals surface area contributed by atoms with E-state index in [0.717, 1.165) is 12.8 Å². The Bertz CT molecular complexity index is 1060. The molecule has 8 nitrogen and oxygen atoms in total. The van der Waals surface area contributed by atoms with Crippen LogP contribution in [-0.4, -0.2) is 40.1 Å². The zero-order valence-corrected chi connectivity index (χ0v) is 18.0. The van der Waals surface area contributed by atoms with Gasteiger partial charge in [0.25, 0.3) is 5.91 Å². The van der Waals surface area contributed by atoms with Crippen LogP contribution in [0.4, 0.5) is 17.1 Å². The molecule has 0 aliphatic heterocycles. The van der Waals surface area contributed by atoms with Gasteiger partial charge >= 0.3 is 0 Å². The van der Waals surface area contributed by atoms with Crippen molar-refractivity contribution in [1.29, 1.82) is 0 Å². The Balaban J connectivity index is 1.82. The summed E-state index contributed by atoms with van der Waals surface area (Å²) < 4.78 is 31.4. The zero-order valence-electron chi connectivity index (χ0n) is 17.1. The summed E-state index contributed by atoms with van der Waals surface area (Å²) >= 11 is 0. The molecule has 0 saturated heterocycles. The normalized spacial score (nSPS) is 13.4. The summed E-state index contributed by atoms with van der Waals surface area (Å²) in [6.07, 6.45) is 1.76. The average Bonchev–Trinajstić information content (AvgIpc) is 3.59. The molecule has 30 heavy (non-hydrogen) atoms. The van der Waals surface area contributed by atoms with Crippen molar-refractivity contribution in [3.8, 4) is 5.75 Å². The molecule has 2 aromatic carbocycles. The lowest BCUT2D eigenvalue weighted by atomic mass is 10.1. The zero-order chi connectivity index (χ0) is 21.9. The fourth-order valence-corrected chi connectivity index (χ4v) is 3.62. The predicted octanol–water partition coefficient (Wildman–Crippen LogP) is 3.08. The smallest absolute Gasteiger partial charge is 0.257 e. The molecule has 2 amide bonds. The standard InChI is InChI=1S/C21H25N3O5S/c1-4-30(27,28)23-17-12-11-15(13-19(17)29-3)22-20(25)16-7-5-6-8-18(16)24(2)21(26)14-9-10-14/h5-8,11-14,23H,4,9-10H2,1-3H3,(H,22,25). The topological polar surface area (TPSA) is 105 Å². The Morgan fingerprint density at radius 1 is 1.17 bits per heavy atom. The lowest BCUT2D eigenvalue weighted by molar-refractivity contribution is -0.119. The summed E-state index contributed by atoms with van der Waals surface area (Å²) in [4.78, 5) is 26.8. The summed E-state index contributed by atoms with van der Waals surface area (Å²) in [5.74, 6) is -0.137. The van der Waals surface area contributed by atoms with Crippen LogP contribution in [0.5, 0.6) is 5.75 Å². The first kappa shape index (κ1) is 21.6. The van der Waals surface area contributed by atoms with E-state index in [1.54, 1.807) is 37.4 Å². The predicted molar refractivity (Wildman–Crippen MR) is 117 cm³/mol. The van der Waals surface area contributed by atoms with Crippen molar-refractivity contribution in [2.75, 3.05) is 34.8 Å². The summed E-state index contributed by atoms with van der Waals surface area (Å²) in [6.45, 7) is 1.53. The van der Waals surface area contributed by atoms with Gasteiger partial charge < -0.3 is 15.0 Å². The number of anilines is 3. The second-order valence-electron chi connectivity index (χ2n) is 7.06. The molecule has 0 spiro atoms. The fraction of sp³-hybridized carbons (Fsp3) is 0.333. The van der Waals surface area contributed by atoms with Gasteiger partial charge in [-0.25, -0.2) is 8.42 Å². The third-order valence-corrected chi connectivity index (χ3v) is 6.16. The molecule has 9 heteroatoms. The Morgan fingerprint density at radius 2 is 1.87 bits per heavy atom. The molecular weight excluding hydrogens is 406 g/mol. The lowest BCUT2D eigenvalue weighted by Crippen LogP contribution is -2.29.